The number of hydrogen-bond donors (Lipinski definition) is 1. The van der Waals surface area contributed by atoms with Crippen LogP contribution < -0.4 is 10.5 Å². The fourth-order valence-electron chi connectivity index (χ4n) is 2.18. The minimum atomic E-state index is 0.566. The second-order valence-corrected chi connectivity index (χ2v) is 5.47. The molecule has 0 unspecified atom stereocenters. The van der Waals surface area contributed by atoms with Gasteiger partial charge in [0.15, 0.2) is 0 Å². The SMILES string of the molecule is Cc1cc(OCCN(C)CCCN)ccc1C(C)C. The van der Waals surface area contributed by atoms with Crippen LogP contribution in [0.4, 0.5) is 0 Å². The van der Waals surface area contributed by atoms with Gasteiger partial charge in [-0.25, -0.2) is 0 Å². The van der Waals surface area contributed by atoms with Gasteiger partial charge in [-0.15, -0.1) is 0 Å². The van der Waals surface area contributed by atoms with Gasteiger partial charge in [0.05, 0.1) is 0 Å². The molecule has 0 amide bonds. The molecule has 1 aromatic rings. The highest BCUT2D eigenvalue weighted by Gasteiger charge is 2.05. The Labute approximate surface area is 117 Å². The molecule has 0 saturated carbocycles. The summed E-state index contributed by atoms with van der Waals surface area (Å²) >= 11 is 0. The molecule has 0 radical (unpaired) electrons. The topological polar surface area (TPSA) is 38.5 Å². The summed E-state index contributed by atoms with van der Waals surface area (Å²) in [5, 5.41) is 0. The van der Waals surface area contributed by atoms with Crippen molar-refractivity contribution in [3.8, 4) is 5.75 Å². The molecule has 0 aliphatic heterocycles. The molecule has 3 heteroatoms. The van der Waals surface area contributed by atoms with Crippen LogP contribution in [-0.2, 0) is 0 Å². The molecule has 0 aliphatic carbocycles. The fourth-order valence-corrected chi connectivity index (χ4v) is 2.18. The number of ether oxygens (including phenoxy) is 1. The van der Waals surface area contributed by atoms with E-state index in [9.17, 15) is 0 Å². The van der Waals surface area contributed by atoms with Crippen LogP contribution in [0.25, 0.3) is 0 Å². The maximum Gasteiger partial charge on any atom is 0.119 e. The Morgan fingerprint density at radius 1 is 1.26 bits per heavy atom. The van der Waals surface area contributed by atoms with Gasteiger partial charge in [0.25, 0.3) is 0 Å². The van der Waals surface area contributed by atoms with Gasteiger partial charge in [-0.3, -0.25) is 0 Å². The van der Waals surface area contributed by atoms with Crippen LogP contribution in [0, 0.1) is 6.92 Å². The van der Waals surface area contributed by atoms with Gasteiger partial charge in [-0.05, 0) is 62.7 Å². The smallest absolute Gasteiger partial charge is 0.119 e. The number of likely N-dealkylation sites (N-methyl/N-ethyl adjacent to an activating group) is 1. The number of hydrogen-bond acceptors (Lipinski definition) is 3. The van der Waals surface area contributed by atoms with Crippen LogP contribution in [0.2, 0.25) is 0 Å². The summed E-state index contributed by atoms with van der Waals surface area (Å²) in [6.45, 7) is 10.0. The Morgan fingerprint density at radius 3 is 2.58 bits per heavy atom. The lowest BCUT2D eigenvalue weighted by Crippen LogP contribution is -2.26. The normalized spacial score (nSPS) is 11.3. The first kappa shape index (κ1) is 16.0. The zero-order chi connectivity index (χ0) is 14.3. The van der Waals surface area contributed by atoms with Crippen molar-refractivity contribution in [3.63, 3.8) is 0 Å². The van der Waals surface area contributed by atoms with Crippen molar-refractivity contribution in [1.82, 2.24) is 4.90 Å². The molecule has 19 heavy (non-hydrogen) atoms. The Bertz CT molecular complexity index is 377. The molecule has 0 spiro atoms. The van der Waals surface area contributed by atoms with E-state index in [4.69, 9.17) is 10.5 Å². The first-order valence-corrected chi connectivity index (χ1v) is 7.16. The molecular formula is C16H28N2O. The lowest BCUT2D eigenvalue weighted by atomic mass is 9.98. The van der Waals surface area contributed by atoms with Crippen LogP contribution in [-0.4, -0.2) is 38.2 Å². The molecule has 0 atom stereocenters. The monoisotopic (exact) mass is 264 g/mol. The summed E-state index contributed by atoms with van der Waals surface area (Å²) in [4.78, 5) is 2.25. The summed E-state index contributed by atoms with van der Waals surface area (Å²) in [7, 11) is 2.10. The standard InChI is InChI=1S/C16H28N2O/c1-13(2)16-7-6-15(12-14(16)3)19-11-10-18(4)9-5-8-17/h6-7,12-13H,5,8-11,17H2,1-4H3. The zero-order valence-corrected chi connectivity index (χ0v) is 12.8. The molecule has 1 rings (SSSR count). The zero-order valence-electron chi connectivity index (χ0n) is 12.8. The van der Waals surface area contributed by atoms with Gasteiger partial charge in [0, 0.05) is 6.54 Å². The first-order chi connectivity index (χ1) is 9.04. The number of rotatable bonds is 8. The Kier molecular flexibility index (Phi) is 6.89. The minimum Gasteiger partial charge on any atom is -0.492 e. The second kappa shape index (κ2) is 8.18. The maximum absolute atomic E-state index is 5.80. The molecular weight excluding hydrogens is 236 g/mol. The number of benzene rings is 1. The third kappa shape index (κ3) is 5.62. The van der Waals surface area contributed by atoms with Gasteiger partial charge >= 0.3 is 0 Å². The highest BCUT2D eigenvalue weighted by Crippen LogP contribution is 2.23. The van der Waals surface area contributed by atoms with E-state index >= 15 is 0 Å². The first-order valence-electron chi connectivity index (χ1n) is 7.16. The van der Waals surface area contributed by atoms with Crippen molar-refractivity contribution in [2.45, 2.75) is 33.1 Å². The Hall–Kier alpha value is -1.06. The van der Waals surface area contributed by atoms with Crippen LogP contribution in [0.1, 0.15) is 37.3 Å². The van der Waals surface area contributed by atoms with E-state index in [-0.39, 0.29) is 0 Å². The van der Waals surface area contributed by atoms with Crippen LogP contribution >= 0.6 is 0 Å². The summed E-state index contributed by atoms with van der Waals surface area (Å²) < 4.78 is 5.80. The highest BCUT2D eigenvalue weighted by molar-refractivity contribution is 5.36. The number of aryl methyl sites for hydroxylation is 1. The van der Waals surface area contributed by atoms with E-state index in [1.807, 2.05) is 0 Å². The quantitative estimate of drug-likeness (QED) is 0.784. The van der Waals surface area contributed by atoms with E-state index in [0.717, 1.165) is 38.4 Å². The van der Waals surface area contributed by atoms with Gasteiger partial charge < -0.3 is 15.4 Å². The van der Waals surface area contributed by atoms with E-state index in [1.54, 1.807) is 0 Å². The third-order valence-corrected chi connectivity index (χ3v) is 3.35. The largest absolute Gasteiger partial charge is 0.492 e. The highest BCUT2D eigenvalue weighted by atomic mass is 16.5. The van der Waals surface area contributed by atoms with Gasteiger partial charge in [-0.1, -0.05) is 19.9 Å². The molecule has 3 nitrogen and oxygen atoms in total. The van der Waals surface area contributed by atoms with E-state index < -0.39 is 0 Å². The van der Waals surface area contributed by atoms with Crippen LogP contribution in [0.15, 0.2) is 18.2 Å². The van der Waals surface area contributed by atoms with Crippen LogP contribution in [0.5, 0.6) is 5.75 Å². The molecule has 0 bridgehead atoms. The lowest BCUT2D eigenvalue weighted by Gasteiger charge is -2.17. The molecule has 108 valence electrons. The fraction of sp³-hybridized carbons (Fsp3) is 0.625. The Morgan fingerprint density at radius 2 is 2.00 bits per heavy atom. The lowest BCUT2D eigenvalue weighted by molar-refractivity contribution is 0.236. The van der Waals surface area contributed by atoms with Crippen molar-refractivity contribution >= 4 is 0 Å². The predicted octanol–water partition coefficient (Wildman–Crippen LogP) is 2.78. The van der Waals surface area contributed by atoms with Crippen molar-refractivity contribution < 1.29 is 4.74 Å². The van der Waals surface area contributed by atoms with Crippen molar-refractivity contribution in [2.75, 3.05) is 33.3 Å². The van der Waals surface area contributed by atoms with E-state index in [0.29, 0.717) is 5.92 Å². The van der Waals surface area contributed by atoms with Crippen molar-refractivity contribution in [1.29, 1.82) is 0 Å². The van der Waals surface area contributed by atoms with Gasteiger partial charge in [0.2, 0.25) is 0 Å². The number of nitrogens with two attached hydrogens (primary N) is 1. The molecule has 0 aromatic heterocycles. The van der Waals surface area contributed by atoms with Gasteiger partial charge in [-0.2, -0.15) is 0 Å². The Balaban J connectivity index is 2.40. The van der Waals surface area contributed by atoms with Crippen LogP contribution in [0.3, 0.4) is 0 Å². The van der Waals surface area contributed by atoms with E-state index in [1.165, 1.54) is 11.1 Å². The van der Waals surface area contributed by atoms with Crippen molar-refractivity contribution in [3.05, 3.63) is 29.3 Å². The number of nitrogens with zero attached hydrogens (tertiary/aromatic N) is 1. The summed E-state index contributed by atoms with van der Waals surface area (Å²) in [5.41, 5.74) is 8.20. The molecule has 0 saturated heterocycles. The third-order valence-electron chi connectivity index (χ3n) is 3.35. The average Bonchev–Trinajstić information content (AvgIpc) is 2.36. The molecule has 0 heterocycles. The summed E-state index contributed by atoms with van der Waals surface area (Å²) in [5.74, 6) is 1.53. The van der Waals surface area contributed by atoms with Crippen molar-refractivity contribution in [2.24, 2.45) is 5.73 Å². The molecule has 1 aromatic carbocycles. The average molecular weight is 264 g/mol. The molecule has 0 aliphatic rings. The second-order valence-electron chi connectivity index (χ2n) is 5.47. The minimum absolute atomic E-state index is 0.566. The predicted molar refractivity (Wildman–Crippen MR) is 81.9 cm³/mol. The maximum atomic E-state index is 5.80. The molecule has 2 N–H and O–H groups in total. The molecule has 0 fully saturated rings. The summed E-state index contributed by atoms with van der Waals surface area (Å²) in [6, 6.07) is 6.38. The van der Waals surface area contributed by atoms with E-state index in [2.05, 4.69) is 50.9 Å². The van der Waals surface area contributed by atoms with Gasteiger partial charge in [0.1, 0.15) is 12.4 Å². The summed E-state index contributed by atoms with van der Waals surface area (Å²) in [6.07, 6.45) is 1.04.